The van der Waals surface area contributed by atoms with Crippen molar-refractivity contribution >= 4 is 21.4 Å². The topological polar surface area (TPSA) is 81.1 Å². The third-order valence-corrected chi connectivity index (χ3v) is 7.56. The predicted octanol–water partition coefficient (Wildman–Crippen LogP) is 3.77. The van der Waals surface area contributed by atoms with Crippen molar-refractivity contribution in [2.45, 2.75) is 42.2 Å². The number of carbonyl (C=O) groups is 1. The summed E-state index contributed by atoms with van der Waals surface area (Å²) < 4.78 is 27.0. The van der Waals surface area contributed by atoms with Crippen LogP contribution in [-0.2, 0) is 21.1 Å². The number of sulfone groups is 1. The minimum Gasteiger partial charge on any atom is -0.326 e. The maximum absolute atomic E-state index is 12.6. The van der Waals surface area contributed by atoms with Crippen LogP contribution in [0.15, 0.2) is 71.9 Å². The molecule has 7 heteroatoms. The second kappa shape index (κ2) is 8.21. The number of rotatable bonds is 6. The van der Waals surface area contributed by atoms with Crippen LogP contribution in [0.3, 0.4) is 0 Å². The van der Waals surface area contributed by atoms with Crippen molar-refractivity contribution < 1.29 is 13.2 Å². The second-order valence-corrected chi connectivity index (χ2v) is 9.55. The van der Waals surface area contributed by atoms with Crippen molar-refractivity contribution in [1.29, 1.82) is 0 Å². The molecule has 0 saturated heterocycles. The molecule has 150 valence electrons. The molecule has 0 atom stereocenters. The number of hydrogen-bond donors (Lipinski definition) is 1. The molecule has 1 aliphatic rings. The normalized spacial score (nSPS) is 14.8. The second-order valence-electron chi connectivity index (χ2n) is 7.32. The molecule has 0 aliphatic heterocycles. The highest BCUT2D eigenvalue weighted by atomic mass is 32.2. The minimum atomic E-state index is -3.28. The van der Waals surface area contributed by atoms with E-state index < -0.39 is 9.84 Å². The number of carbonyl (C=O) groups excluding carboxylic acids is 1. The standard InChI is InChI=1S/C22H23N3O3S/c26-22(16-17-6-10-19(11-7-17)25-15-3-14-23-25)24-18-8-12-21(13-9-18)29(27,28)20-4-1-2-5-20/h3,6-15,20H,1-2,4-5,16H2,(H,24,26). The van der Waals surface area contributed by atoms with Crippen molar-refractivity contribution in [3.8, 4) is 5.69 Å². The lowest BCUT2D eigenvalue weighted by atomic mass is 10.1. The zero-order valence-electron chi connectivity index (χ0n) is 16.0. The van der Waals surface area contributed by atoms with Gasteiger partial charge in [-0.2, -0.15) is 5.10 Å². The maximum Gasteiger partial charge on any atom is 0.228 e. The van der Waals surface area contributed by atoms with E-state index in [4.69, 9.17) is 0 Å². The van der Waals surface area contributed by atoms with Gasteiger partial charge in [-0.15, -0.1) is 0 Å². The van der Waals surface area contributed by atoms with Gasteiger partial charge in [0.05, 0.1) is 22.3 Å². The Labute approximate surface area is 170 Å². The maximum atomic E-state index is 12.6. The van der Waals surface area contributed by atoms with E-state index in [9.17, 15) is 13.2 Å². The van der Waals surface area contributed by atoms with Crippen LogP contribution in [0.1, 0.15) is 31.2 Å². The van der Waals surface area contributed by atoms with Crippen molar-refractivity contribution in [1.82, 2.24) is 9.78 Å². The number of anilines is 1. The van der Waals surface area contributed by atoms with Gasteiger partial charge in [-0.3, -0.25) is 4.79 Å². The lowest BCUT2D eigenvalue weighted by Gasteiger charge is -2.12. The summed E-state index contributed by atoms with van der Waals surface area (Å²) in [5, 5.41) is 6.74. The molecule has 1 aliphatic carbocycles. The summed E-state index contributed by atoms with van der Waals surface area (Å²) in [4.78, 5) is 12.7. The molecule has 1 saturated carbocycles. The third-order valence-electron chi connectivity index (χ3n) is 5.28. The first kappa shape index (κ1) is 19.4. The highest BCUT2D eigenvalue weighted by molar-refractivity contribution is 7.92. The monoisotopic (exact) mass is 409 g/mol. The molecule has 6 nitrogen and oxygen atoms in total. The average Bonchev–Trinajstić information content (AvgIpc) is 3.43. The Morgan fingerprint density at radius 1 is 1.03 bits per heavy atom. The number of amides is 1. The Kier molecular flexibility index (Phi) is 5.49. The van der Waals surface area contributed by atoms with Gasteiger partial charge in [0.15, 0.2) is 9.84 Å². The number of benzene rings is 2. The molecule has 29 heavy (non-hydrogen) atoms. The summed E-state index contributed by atoms with van der Waals surface area (Å²) in [6, 6.07) is 16.0. The van der Waals surface area contributed by atoms with Gasteiger partial charge in [-0.05, 0) is 60.9 Å². The number of nitrogens with one attached hydrogen (secondary N) is 1. The molecule has 0 unspecified atom stereocenters. The molecule has 1 heterocycles. The van der Waals surface area contributed by atoms with Gasteiger partial charge in [-0.25, -0.2) is 13.1 Å². The molecule has 4 rings (SSSR count). The summed E-state index contributed by atoms with van der Waals surface area (Å²) in [7, 11) is -3.28. The number of nitrogens with zero attached hydrogens (tertiary/aromatic N) is 2. The van der Waals surface area contributed by atoms with Gasteiger partial charge >= 0.3 is 0 Å². The van der Waals surface area contributed by atoms with Gasteiger partial charge < -0.3 is 5.32 Å². The lowest BCUT2D eigenvalue weighted by molar-refractivity contribution is -0.115. The van der Waals surface area contributed by atoms with Crippen molar-refractivity contribution in [3.05, 3.63) is 72.6 Å². The lowest BCUT2D eigenvalue weighted by Crippen LogP contribution is -2.18. The van der Waals surface area contributed by atoms with Crippen molar-refractivity contribution in [2.75, 3.05) is 5.32 Å². The summed E-state index contributed by atoms with van der Waals surface area (Å²) >= 11 is 0. The zero-order chi connectivity index (χ0) is 20.3. The SMILES string of the molecule is O=C(Cc1ccc(-n2cccn2)cc1)Nc1ccc(S(=O)(=O)C2CCCC2)cc1. The van der Waals surface area contributed by atoms with Gasteiger partial charge in [0.25, 0.3) is 0 Å². The first-order valence-corrected chi connectivity index (χ1v) is 11.3. The fourth-order valence-corrected chi connectivity index (χ4v) is 5.55. The summed E-state index contributed by atoms with van der Waals surface area (Å²) in [5.74, 6) is -0.150. The largest absolute Gasteiger partial charge is 0.326 e. The predicted molar refractivity (Wildman–Crippen MR) is 112 cm³/mol. The van der Waals surface area contributed by atoms with Crippen LogP contribution in [0.25, 0.3) is 5.69 Å². The minimum absolute atomic E-state index is 0.150. The van der Waals surface area contributed by atoms with E-state index in [0.29, 0.717) is 10.6 Å². The Hall–Kier alpha value is -2.93. The molecule has 1 N–H and O–H groups in total. The van der Waals surface area contributed by atoms with E-state index in [2.05, 4.69) is 10.4 Å². The molecule has 0 spiro atoms. The number of aromatic nitrogens is 2. The average molecular weight is 410 g/mol. The Balaban J connectivity index is 1.37. The summed E-state index contributed by atoms with van der Waals surface area (Å²) in [6.07, 6.45) is 7.23. The van der Waals surface area contributed by atoms with E-state index in [0.717, 1.165) is 36.9 Å². The van der Waals surface area contributed by atoms with E-state index in [1.54, 1.807) is 35.1 Å². The van der Waals surface area contributed by atoms with Crippen LogP contribution in [0.2, 0.25) is 0 Å². The van der Waals surface area contributed by atoms with Crippen molar-refractivity contribution in [2.24, 2.45) is 0 Å². The zero-order valence-corrected chi connectivity index (χ0v) is 16.8. The van der Waals surface area contributed by atoms with Crippen LogP contribution in [0, 0.1) is 0 Å². The molecular formula is C22H23N3O3S. The first-order valence-electron chi connectivity index (χ1n) is 9.75. The van der Waals surface area contributed by atoms with Crippen LogP contribution in [0.5, 0.6) is 0 Å². The fourth-order valence-electron chi connectivity index (χ4n) is 3.70. The Morgan fingerprint density at radius 3 is 2.34 bits per heavy atom. The molecule has 0 bridgehead atoms. The van der Waals surface area contributed by atoms with Crippen LogP contribution < -0.4 is 5.32 Å². The van der Waals surface area contributed by atoms with Gasteiger partial charge in [0.2, 0.25) is 5.91 Å². The van der Waals surface area contributed by atoms with E-state index >= 15 is 0 Å². The molecule has 1 fully saturated rings. The first-order chi connectivity index (χ1) is 14.0. The highest BCUT2D eigenvalue weighted by Crippen LogP contribution is 2.30. The van der Waals surface area contributed by atoms with Gasteiger partial charge in [0, 0.05) is 18.1 Å². The molecular weight excluding hydrogens is 386 g/mol. The van der Waals surface area contributed by atoms with E-state index in [-0.39, 0.29) is 17.6 Å². The summed E-state index contributed by atoms with van der Waals surface area (Å²) in [5.41, 5.74) is 2.41. The van der Waals surface area contributed by atoms with Crippen LogP contribution in [-0.4, -0.2) is 29.4 Å². The van der Waals surface area contributed by atoms with Crippen LogP contribution >= 0.6 is 0 Å². The molecule has 2 aromatic carbocycles. The Morgan fingerprint density at radius 2 is 1.72 bits per heavy atom. The molecule has 0 radical (unpaired) electrons. The molecule has 1 amide bonds. The van der Waals surface area contributed by atoms with E-state index in [1.165, 1.54) is 0 Å². The highest BCUT2D eigenvalue weighted by Gasteiger charge is 2.30. The van der Waals surface area contributed by atoms with Crippen LogP contribution in [0.4, 0.5) is 5.69 Å². The smallest absolute Gasteiger partial charge is 0.228 e. The molecule has 3 aromatic rings. The van der Waals surface area contributed by atoms with E-state index in [1.807, 2.05) is 36.5 Å². The van der Waals surface area contributed by atoms with Gasteiger partial charge in [-0.1, -0.05) is 25.0 Å². The fraction of sp³-hybridized carbons (Fsp3) is 0.273. The molecule has 1 aromatic heterocycles. The van der Waals surface area contributed by atoms with Gasteiger partial charge in [0.1, 0.15) is 0 Å². The number of hydrogen-bond acceptors (Lipinski definition) is 4. The Bertz CT molecular complexity index is 1070. The summed E-state index contributed by atoms with van der Waals surface area (Å²) in [6.45, 7) is 0. The third kappa shape index (κ3) is 4.40. The quantitative estimate of drug-likeness (QED) is 0.672. The van der Waals surface area contributed by atoms with Crippen molar-refractivity contribution in [3.63, 3.8) is 0 Å².